The van der Waals surface area contributed by atoms with E-state index in [2.05, 4.69) is 10.2 Å². The Morgan fingerprint density at radius 1 is 0.860 bits per heavy atom. The summed E-state index contributed by atoms with van der Waals surface area (Å²) < 4.78 is 27.4. The van der Waals surface area contributed by atoms with E-state index in [0.717, 1.165) is 25.2 Å². The molecule has 3 amide bonds. The van der Waals surface area contributed by atoms with Crippen LogP contribution >= 0.6 is 23.2 Å². The van der Waals surface area contributed by atoms with E-state index >= 15 is 0 Å². The average Bonchev–Trinajstić information content (AvgIpc) is 2.93. The van der Waals surface area contributed by atoms with Crippen molar-refractivity contribution in [2.24, 2.45) is 0 Å². The van der Waals surface area contributed by atoms with Crippen molar-refractivity contribution in [2.45, 2.75) is 44.4 Å². The van der Waals surface area contributed by atoms with Crippen molar-refractivity contribution in [3.8, 4) is 0 Å². The second-order valence-corrected chi connectivity index (χ2v) is 12.5. The second kappa shape index (κ2) is 12.6. The molecule has 3 heterocycles. The molecule has 0 bridgehead atoms. The first-order chi connectivity index (χ1) is 20.3. The van der Waals surface area contributed by atoms with Crippen molar-refractivity contribution in [3.63, 3.8) is 0 Å². The standard InChI is InChI=1S/C30H35Cl2F2N5O4/c1-18(40)36-7-9-37(10-8-36)28(41)27-25(31)14-22(15-26(27)32)35-23-16-39(17-23)24-3-5-38(6-4-24)29(42)30(2,43)19-11-20(33)13-21(34)12-19/h11-15,23-24,35,43H,3-10,16-17H2,1-2H3/t30-/m0/s1. The molecule has 0 aromatic heterocycles. The van der Waals surface area contributed by atoms with Gasteiger partial charge in [0.1, 0.15) is 11.6 Å². The quantitative estimate of drug-likeness (QED) is 0.503. The van der Waals surface area contributed by atoms with Gasteiger partial charge in [-0.05, 0) is 49.6 Å². The summed E-state index contributed by atoms with van der Waals surface area (Å²) in [6, 6.07) is 6.47. The molecule has 1 atom stereocenters. The van der Waals surface area contributed by atoms with Gasteiger partial charge in [0.2, 0.25) is 5.91 Å². The molecule has 3 aliphatic heterocycles. The van der Waals surface area contributed by atoms with Crippen molar-refractivity contribution >= 4 is 46.6 Å². The molecule has 3 fully saturated rings. The molecule has 0 unspecified atom stereocenters. The molecule has 3 saturated heterocycles. The summed E-state index contributed by atoms with van der Waals surface area (Å²) in [5.41, 5.74) is -1.18. The van der Waals surface area contributed by atoms with Gasteiger partial charge in [0, 0.05) is 77.1 Å². The fourth-order valence-electron chi connectivity index (χ4n) is 6.08. The highest BCUT2D eigenvalue weighted by Gasteiger charge is 2.40. The zero-order chi connectivity index (χ0) is 31.1. The van der Waals surface area contributed by atoms with Crippen LogP contribution in [-0.2, 0) is 15.2 Å². The number of amides is 3. The van der Waals surface area contributed by atoms with E-state index in [1.165, 1.54) is 13.8 Å². The number of halogens is 4. The molecular weight excluding hydrogens is 603 g/mol. The number of hydrogen-bond acceptors (Lipinski definition) is 6. The Kier molecular flexibility index (Phi) is 9.18. The highest BCUT2D eigenvalue weighted by atomic mass is 35.5. The molecule has 2 aromatic carbocycles. The van der Waals surface area contributed by atoms with E-state index in [4.69, 9.17) is 23.2 Å². The highest BCUT2D eigenvalue weighted by Crippen LogP contribution is 2.33. The normalized spacial score (nSPS) is 20.0. The number of piperidine rings is 1. The van der Waals surface area contributed by atoms with Crippen molar-refractivity contribution < 1.29 is 28.3 Å². The summed E-state index contributed by atoms with van der Waals surface area (Å²) in [6.07, 6.45) is 1.42. The molecule has 0 aliphatic carbocycles. The number of likely N-dealkylation sites (tertiary alicyclic amines) is 2. The Labute approximate surface area is 259 Å². The van der Waals surface area contributed by atoms with Crippen LogP contribution in [0.4, 0.5) is 14.5 Å². The lowest BCUT2D eigenvalue weighted by molar-refractivity contribution is -0.152. The number of aliphatic hydroxyl groups is 1. The summed E-state index contributed by atoms with van der Waals surface area (Å²) in [4.78, 5) is 45.0. The number of nitrogens with zero attached hydrogens (tertiary/aromatic N) is 4. The first kappa shape index (κ1) is 31.4. The molecule has 0 radical (unpaired) electrons. The Hall–Kier alpha value is -2.99. The predicted octanol–water partition coefficient (Wildman–Crippen LogP) is 3.57. The average molecular weight is 639 g/mol. The smallest absolute Gasteiger partial charge is 0.258 e. The van der Waals surface area contributed by atoms with Crippen LogP contribution in [0.1, 0.15) is 42.6 Å². The summed E-state index contributed by atoms with van der Waals surface area (Å²) in [5, 5.41) is 14.8. The zero-order valence-corrected chi connectivity index (χ0v) is 25.6. The number of hydrogen-bond donors (Lipinski definition) is 2. The van der Waals surface area contributed by atoms with Gasteiger partial charge in [0.25, 0.3) is 11.8 Å². The van der Waals surface area contributed by atoms with Gasteiger partial charge in [-0.3, -0.25) is 19.3 Å². The van der Waals surface area contributed by atoms with Gasteiger partial charge in [0.15, 0.2) is 5.60 Å². The Morgan fingerprint density at radius 2 is 1.40 bits per heavy atom. The van der Waals surface area contributed by atoms with E-state index < -0.39 is 23.1 Å². The summed E-state index contributed by atoms with van der Waals surface area (Å²) in [7, 11) is 0. The van der Waals surface area contributed by atoms with Gasteiger partial charge in [-0.15, -0.1) is 0 Å². The van der Waals surface area contributed by atoms with Crippen LogP contribution in [0.15, 0.2) is 30.3 Å². The molecule has 232 valence electrons. The van der Waals surface area contributed by atoms with Crippen molar-refractivity contribution in [3.05, 3.63) is 63.1 Å². The predicted molar refractivity (Wildman–Crippen MR) is 159 cm³/mol. The molecule has 2 aromatic rings. The van der Waals surface area contributed by atoms with Gasteiger partial charge < -0.3 is 25.1 Å². The lowest BCUT2D eigenvalue weighted by atomic mass is 9.91. The van der Waals surface area contributed by atoms with E-state index in [9.17, 15) is 28.3 Å². The van der Waals surface area contributed by atoms with Gasteiger partial charge in [-0.25, -0.2) is 8.78 Å². The Morgan fingerprint density at radius 3 is 1.93 bits per heavy atom. The minimum absolute atomic E-state index is 0.0144. The maximum atomic E-state index is 13.7. The third-order valence-electron chi connectivity index (χ3n) is 8.66. The van der Waals surface area contributed by atoms with E-state index in [-0.39, 0.29) is 45.1 Å². The van der Waals surface area contributed by atoms with Crippen LogP contribution in [0, 0.1) is 11.6 Å². The Balaban J connectivity index is 1.10. The van der Waals surface area contributed by atoms with Gasteiger partial charge in [-0.1, -0.05) is 23.2 Å². The van der Waals surface area contributed by atoms with Gasteiger partial charge in [-0.2, -0.15) is 0 Å². The summed E-state index contributed by atoms with van der Waals surface area (Å²) in [6.45, 7) is 6.96. The van der Waals surface area contributed by atoms with Crippen LogP contribution in [0.3, 0.4) is 0 Å². The minimum Gasteiger partial charge on any atom is -0.380 e. The number of benzene rings is 2. The monoisotopic (exact) mass is 637 g/mol. The van der Waals surface area contributed by atoms with Crippen LogP contribution < -0.4 is 5.32 Å². The lowest BCUT2D eigenvalue weighted by Gasteiger charge is -2.48. The number of anilines is 1. The molecule has 13 heteroatoms. The molecule has 5 rings (SSSR count). The molecule has 9 nitrogen and oxygen atoms in total. The molecule has 3 aliphatic rings. The minimum atomic E-state index is -2.03. The fraction of sp³-hybridized carbons (Fsp3) is 0.500. The third-order valence-corrected chi connectivity index (χ3v) is 9.25. The first-order valence-corrected chi connectivity index (χ1v) is 15.1. The van der Waals surface area contributed by atoms with E-state index in [0.29, 0.717) is 63.9 Å². The number of rotatable bonds is 6. The van der Waals surface area contributed by atoms with Gasteiger partial charge >= 0.3 is 0 Å². The van der Waals surface area contributed by atoms with E-state index in [1.807, 2.05) is 0 Å². The topological polar surface area (TPSA) is 96.4 Å². The second-order valence-electron chi connectivity index (χ2n) is 11.7. The van der Waals surface area contributed by atoms with Crippen LogP contribution in [-0.4, -0.2) is 107 Å². The molecule has 0 saturated carbocycles. The number of carbonyl (C=O) groups is 3. The number of nitrogens with one attached hydrogen (secondary N) is 1. The van der Waals surface area contributed by atoms with Gasteiger partial charge in [0.05, 0.1) is 21.7 Å². The molecule has 0 spiro atoms. The lowest BCUT2D eigenvalue weighted by Crippen LogP contribution is -2.61. The van der Waals surface area contributed by atoms with Crippen LogP contribution in [0.2, 0.25) is 10.0 Å². The maximum Gasteiger partial charge on any atom is 0.258 e. The van der Waals surface area contributed by atoms with Crippen LogP contribution in [0.5, 0.6) is 0 Å². The van der Waals surface area contributed by atoms with Crippen LogP contribution in [0.25, 0.3) is 0 Å². The molecule has 2 N–H and O–H groups in total. The molecule has 43 heavy (non-hydrogen) atoms. The highest BCUT2D eigenvalue weighted by molar-refractivity contribution is 6.40. The first-order valence-electron chi connectivity index (χ1n) is 14.4. The SMILES string of the molecule is CC(=O)N1CCN(C(=O)c2c(Cl)cc(NC3CN(C4CCN(C(=O)[C@@](C)(O)c5cc(F)cc(F)c5)CC4)C3)cc2Cl)CC1. The van der Waals surface area contributed by atoms with Crippen molar-refractivity contribution in [1.82, 2.24) is 19.6 Å². The summed E-state index contributed by atoms with van der Waals surface area (Å²) >= 11 is 13.0. The fourth-order valence-corrected chi connectivity index (χ4v) is 6.73. The summed E-state index contributed by atoms with van der Waals surface area (Å²) in [5.74, 6) is -2.55. The van der Waals surface area contributed by atoms with Crippen molar-refractivity contribution in [1.29, 1.82) is 0 Å². The maximum absolute atomic E-state index is 13.7. The van der Waals surface area contributed by atoms with Crippen molar-refractivity contribution in [2.75, 3.05) is 57.7 Å². The Bertz CT molecular complexity index is 1360. The third kappa shape index (κ3) is 6.74. The largest absolute Gasteiger partial charge is 0.380 e. The zero-order valence-electron chi connectivity index (χ0n) is 24.1. The van der Waals surface area contributed by atoms with E-state index in [1.54, 1.807) is 26.8 Å². The number of piperazine rings is 1. The number of carbonyl (C=O) groups excluding carboxylic acids is 3. The molecular formula is C30H35Cl2F2N5O4.